The molecule has 0 spiro atoms. The van der Waals surface area contributed by atoms with E-state index in [1.54, 1.807) is 11.2 Å². The largest absolute Gasteiger partial charge is 0.486 e. The molecule has 1 aromatic rings. The average molecular weight is 297 g/mol. The van der Waals surface area contributed by atoms with E-state index in [4.69, 9.17) is 4.74 Å². The molecule has 0 bridgehead atoms. The summed E-state index contributed by atoms with van der Waals surface area (Å²) in [6.45, 7) is 7.95. The van der Waals surface area contributed by atoms with Gasteiger partial charge in [-0.25, -0.2) is 8.42 Å². The zero-order chi connectivity index (χ0) is 15.0. The predicted octanol–water partition coefficient (Wildman–Crippen LogP) is 2.44. The Hall–Kier alpha value is -1.07. The molecule has 0 radical (unpaired) electrons. The molecule has 1 aliphatic heterocycles. The van der Waals surface area contributed by atoms with Gasteiger partial charge in [0.05, 0.1) is 11.8 Å². The Labute approximate surface area is 121 Å². The minimum atomic E-state index is -3.23. The third-order valence-electron chi connectivity index (χ3n) is 3.94. The summed E-state index contributed by atoms with van der Waals surface area (Å²) >= 11 is 0. The van der Waals surface area contributed by atoms with Gasteiger partial charge in [-0.05, 0) is 38.8 Å². The summed E-state index contributed by atoms with van der Waals surface area (Å²) < 4.78 is 32.2. The Morgan fingerprint density at radius 2 is 1.95 bits per heavy atom. The van der Waals surface area contributed by atoms with Crippen LogP contribution in [0.25, 0.3) is 0 Å². The second kappa shape index (κ2) is 5.37. The Bertz CT molecular complexity index is 581. The molecule has 0 saturated carbocycles. The van der Waals surface area contributed by atoms with E-state index >= 15 is 0 Å². The Balaban J connectivity index is 2.41. The van der Waals surface area contributed by atoms with Gasteiger partial charge in [0.15, 0.2) is 0 Å². The average Bonchev–Trinajstić information content (AvgIpc) is 2.39. The fourth-order valence-electron chi connectivity index (χ4n) is 2.80. The van der Waals surface area contributed by atoms with Crippen molar-refractivity contribution < 1.29 is 13.2 Å². The fraction of sp³-hybridized carbons (Fsp3) is 0.600. The molecule has 5 heteroatoms. The topological polar surface area (TPSA) is 46.6 Å². The lowest BCUT2D eigenvalue weighted by molar-refractivity contribution is 0.0186. The van der Waals surface area contributed by atoms with Crippen LogP contribution in [0.15, 0.2) is 24.3 Å². The number of nitrogens with zero attached hydrogens (tertiary/aromatic N) is 1. The lowest BCUT2D eigenvalue weighted by atomic mass is 9.88. The van der Waals surface area contributed by atoms with Gasteiger partial charge in [-0.15, -0.1) is 0 Å². The number of sulfonamides is 1. The van der Waals surface area contributed by atoms with Crippen LogP contribution in [0.2, 0.25) is 0 Å². The Morgan fingerprint density at radius 1 is 1.30 bits per heavy atom. The molecule has 20 heavy (non-hydrogen) atoms. The number of rotatable bonds is 4. The minimum Gasteiger partial charge on any atom is -0.486 e. The first-order valence-electron chi connectivity index (χ1n) is 7.08. The number of fused-ring (bicyclic) bond motifs is 1. The van der Waals surface area contributed by atoms with Crippen molar-refractivity contribution >= 4 is 10.0 Å². The number of benzene rings is 1. The van der Waals surface area contributed by atoms with Gasteiger partial charge in [0.2, 0.25) is 10.0 Å². The Morgan fingerprint density at radius 3 is 2.55 bits per heavy atom. The molecule has 1 aromatic carbocycles. The molecule has 112 valence electrons. The highest BCUT2D eigenvalue weighted by Gasteiger charge is 2.43. The van der Waals surface area contributed by atoms with Gasteiger partial charge in [0.25, 0.3) is 0 Å². The van der Waals surface area contributed by atoms with Crippen molar-refractivity contribution in [2.45, 2.75) is 45.8 Å². The summed E-state index contributed by atoms with van der Waals surface area (Å²) in [6, 6.07) is 7.67. The van der Waals surface area contributed by atoms with Crippen molar-refractivity contribution in [3.8, 4) is 5.75 Å². The van der Waals surface area contributed by atoms with Crippen molar-refractivity contribution in [3.05, 3.63) is 29.8 Å². The van der Waals surface area contributed by atoms with Crippen LogP contribution in [-0.2, 0) is 16.4 Å². The van der Waals surface area contributed by atoms with Gasteiger partial charge in [-0.3, -0.25) is 0 Å². The van der Waals surface area contributed by atoms with Crippen LogP contribution >= 0.6 is 0 Å². The van der Waals surface area contributed by atoms with E-state index < -0.39 is 15.6 Å². The predicted molar refractivity (Wildman–Crippen MR) is 80.5 cm³/mol. The van der Waals surface area contributed by atoms with E-state index in [0.29, 0.717) is 13.0 Å². The van der Waals surface area contributed by atoms with E-state index in [0.717, 1.165) is 11.3 Å². The summed E-state index contributed by atoms with van der Waals surface area (Å²) in [6.07, 6.45) is 0.691. The molecule has 1 unspecified atom stereocenters. The molecular formula is C15H23NO3S. The molecular weight excluding hydrogens is 274 g/mol. The second-order valence-electron chi connectivity index (χ2n) is 5.64. The second-order valence-corrected chi connectivity index (χ2v) is 7.85. The van der Waals surface area contributed by atoms with Crippen molar-refractivity contribution in [1.82, 2.24) is 4.31 Å². The van der Waals surface area contributed by atoms with Crippen LogP contribution in [0.4, 0.5) is 0 Å². The molecule has 0 saturated heterocycles. The molecule has 1 heterocycles. The highest BCUT2D eigenvalue weighted by Crippen LogP contribution is 2.36. The van der Waals surface area contributed by atoms with E-state index in [-0.39, 0.29) is 11.8 Å². The minimum absolute atomic E-state index is 0.120. The maximum absolute atomic E-state index is 12.3. The molecule has 0 fully saturated rings. The Kier molecular flexibility index (Phi) is 4.12. The molecule has 0 amide bonds. The highest BCUT2D eigenvalue weighted by molar-refractivity contribution is 7.89. The first kappa shape index (κ1) is 15.3. The normalized spacial score (nSPS) is 21.4. The van der Waals surface area contributed by atoms with Crippen LogP contribution < -0.4 is 4.74 Å². The zero-order valence-corrected chi connectivity index (χ0v) is 13.4. The summed E-state index contributed by atoms with van der Waals surface area (Å²) in [5.74, 6) is 0.980. The van der Waals surface area contributed by atoms with Crippen LogP contribution in [0.1, 0.15) is 33.3 Å². The first-order chi connectivity index (χ1) is 9.31. The zero-order valence-electron chi connectivity index (χ0n) is 12.6. The van der Waals surface area contributed by atoms with Gasteiger partial charge in [-0.1, -0.05) is 25.1 Å². The van der Waals surface area contributed by atoms with E-state index in [2.05, 4.69) is 0 Å². The number of likely N-dealkylation sites (N-methyl/N-ethyl adjacent to an activating group) is 1. The molecule has 0 aromatic heterocycles. The van der Waals surface area contributed by atoms with Crippen molar-refractivity contribution in [2.75, 3.05) is 12.3 Å². The maximum atomic E-state index is 12.3. The fourth-order valence-corrected chi connectivity index (χ4v) is 4.24. The highest BCUT2D eigenvalue weighted by atomic mass is 32.2. The van der Waals surface area contributed by atoms with Crippen LogP contribution in [-0.4, -0.2) is 36.7 Å². The lowest BCUT2D eigenvalue weighted by Crippen LogP contribution is -2.57. The molecule has 0 aliphatic carbocycles. The quantitative estimate of drug-likeness (QED) is 0.857. The SMILES string of the molecule is CCN(C1Cc2ccccc2OC1(C)C)S(=O)(=O)CC. The van der Waals surface area contributed by atoms with Crippen molar-refractivity contribution in [1.29, 1.82) is 0 Å². The number of hydrogen-bond donors (Lipinski definition) is 0. The standard InChI is InChI=1S/C15H23NO3S/c1-5-16(20(17,18)6-2)14-11-12-9-7-8-10-13(12)19-15(14,3)4/h7-10,14H,5-6,11H2,1-4H3. The maximum Gasteiger partial charge on any atom is 0.214 e. The lowest BCUT2D eigenvalue weighted by Gasteiger charge is -2.44. The van der Waals surface area contributed by atoms with E-state index in [1.807, 2.05) is 45.0 Å². The van der Waals surface area contributed by atoms with E-state index in [9.17, 15) is 8.42 Å². The number of ether oxygens (including phenoxy) is 1. The molecule has 2 rings (SSSR count). The van der Waals surface area contributed by atoms with Gasteiger partial charge in [0, 0.05) is 6.54 Å². The van der Waals surface area contributed by atoms with Crippen LogP contribution in [0.3, 0.4) is 0 Å². The van der Waals surface area contributed by atoms with E-state index in [1.165, 1.54) is 0 Å². The molecule has 1 atom stereocenters. The van der Waals surface area contributed by atoms with Crippen LogP contribution in [0, 0.1) is 0 Å². The van der Waals surface area contributed by atoms with Gasteiger partial charge < -0.3 is 4.74 Å². The first-order valence-corrected chi connectivity index (χ1v) is 8.69. The third kappa shape index (κ3) is 2.69. The van der Waals surface area contributed by atoms with Gasteiger partial charge in [0.1, 0.15) is 11.4 Å². The van der Waals surface area contributed by atoms with Crippen LogP contribution in [0.5, 0.6) is 5.75 Å². The smallest absolute Gasteiger partial charge is 0.214 e. The van der Waals surface area contributed by atoms with Gasteiger partial charge in [-0.2, -0.15) is 4.31 Å². The van der Waals surface area contributed by atoms with Crippen molar-refractivity contribution in [2.24, 2.45) is 0 Å². The monoisotopic (exact) mass is 297 g/mol. The molecule has 4 nitrogen and oxygen atoms in total. The number of para-hydroxylation sites is 1. The summed E-state index contributed by atoms with van der Waals surface area (Å²) in [4.78, 5) is 0. The summed E-state index contributed by atoms with van der Waals surface area (Å²) in [5.41, 5.74) is 0.536. The molecule has 0 N–H and O–H groups in total. The molecule has 1 aliphatic rings. The summed E-state index contributed by atoms with van der Waals surface area (Å²) in [5, 5.41) is 0. The third-order valence-corrected chi connectivity index (χ3v) is 5.90. The van der Waals surface area contributed by atoms with Crippen molar-refractivity contribution in [3.63, 3.8) is 0 Å². The van der Waals surface area contributed by atoms with Gasteiger partial charge >= 0.3 is 0 Å². The number of hydrogen-bond acceptors (Lipinski definition) is 3. The summed E-state index contributed by atoms with van der Waals surface area (Å²) in [7, 11) is -3.23.